The Morgan fingerprint density at radius 2 is 1.20 bits per heavy atom. The minimum absolute atomic E-state index is 0.0605. The van der Waals surface area contributed by atoms with Crippen LogP contribution in [0.5, 0.6) is 0 Å². The Balaban J connectivity index is 1.06. The van der Waals surface area contributed by atoms with Crippen LogP contribution in [0.2, 0.25) is 0 Å². The molecule has 60 heavy (non-hydrogen) atoms. The van der Waals surface area contributed by atoms with Crippen LogP contribution in [-0.2, 0) is 34.0 Å². The molecule has 0 aromatic heterocycles. The van der Waals surface area contributed by atoms with Crippen LogP contribution >= 0.6 is 9.24 Å². The van der Waals surface area contributed by atoms with Gasteiger partial charge in [0.15, 0.2) is 0 Å². The number of hydrogen-bond donors (Lipinski definition) is 1. The van der Waals surface area contributed by atoms with Crippen LogP contribution < -0.4 is 5.32 Å². The van der Waals surface area contributed by atoms with Crippen molar-refractivity contribution in [2.45, 2.75) is 29.8 Å². The van der Waals surface area contributed by atoms with Gasteiger partial charge in [-0.2, -0.15) is 0 Å². The number of fused-ring (bicyclic) bond motifs is 3. The average Bonchev–Trinajstić information content (AvgIpc) is 3.61. The monoisotopic (exact) mass is 829 g/mol. The molecule has 314 valence electrons. The van der Waals surface area contributed by atoms with Crippen molar-refractivity contribution in [2.75, 3.05) is 79.0 Å². The van der Waals surface area contributed by atoms with Gasteiger partial charge in [0.25, 0.3) is 0 Å². The number of hydrogen-bond acceptors (Lipinski definition) is 8. The lowest BCUT2D eigenvalue weighted by Crippen LogP contribution is -2.59. The molecular weight excluding hydrogens is 774 g/mol. The summed E-state index contributed by atoms with van der Waals surface area (Å²) in [6.45, 7) is 5.18. The number of ether oxygens (including phenoxy) is 5. The molecule has 0 radical (unpaired) electrons. The Morgan fingerprint density at radius 1 is 0.700 bits per heavy atom. The predicted octanol–water partition coefficient (Wildman–Crippen LogP) is 7.32. The average molecular weight is 830 g/mol. The first-order valence-corrected chi connectivity index (χ1v) is 21.6. The highest BCUT2D eigenvalue weighted by atomic mass is 31.0. The first-order valence-electron chi connectivity index (χ1n) is 20.9. The largest absolute Gasteiger partial charge is 0.448 e. The Hall–Kier alpha value is -4.93. The molecule has 11 heteroatoms. The summed E-state index contributed by atoms with van der Waals surface area (Å²) < 4.78 is 30.2. The molecule has 1 aliphatic carbocycles. The summed E-state index contributed by atoms with van der Waals surface area (Å²) in [6.07, 6.45) is 0.692. The number of carbonyl (C=O) groups is 2. The first kappa shape index (κ1) is 43.2. The molecule has 1 aliphatic heterocycles. The summed E-state index contributed by atoms with van der Waals surface area (Å²) in [6, 6.07) is 48.7. The van der Waals surface area contributed by atoms with Gasteiger partial charge in [-0.15, -0.1) is 9.24 Å². The molecular formula is C49H56N3O7P. The second kappa shape index (κ2) is 22.1. The van der Waals surface area contributed by atoms with E-state index >= 15 is 0 Å². The first-order chi connectivity index (χ1) is 29.6. The molecule has 5 aromatic carbocycles. The second-order valence-electron chi connectivity index (χ2n) is 15.0. The fourth-order valence-corrected chi connectivity index (χ4v) is 9.05. The molecule has 1 N–H and O–H groups in total. The van der Waals surface area contributed by atoms with Gasteiger partial charge < -0.3 is 33.9 Å². The van der Waals surface area contributed by atoms with E-state index in [2.05, 4.69) is 147 Å². The van der Waals surface area contributed by atoms with E-state index in [9.17, 15) is 9.59 Å². The van der Waals surface area contributed by atoms with Gasteiger partial charge in [0.2, 0.25) is 6.41 Å². The second-order valence-corrected chi connectivity index (χ2v) is 15.8. The Kier molecular flexibility index (Phi) is 15.9. The third-order valence-electron chi connectivity index (χ3n) is 11.2. The third-order valence-corrected chi connectivity index (χ3v) is 11.6. The van der Waals surface area contributed by atoms with Gasteiger partial charge in [0.05, 0.1) is 57.1 Å². The number of amides is 2. The maximum atomic E-state index is 14.3. The summed E-state index contributed by atoms with van der Waals surface area (Å²) in [7, 11) is 2.89. The minimum Gasteiger partial charge on any atom is -0.448 e. The molecule has 0 saturated carbocycles. The van der Waals surface area contributed by atoms with Gasteiger partial charge in [0, 0.05) is 38.7 Å². The molecule has 1 heterocycles. The van der Waals surface area contributed by atoms with Gasteiger partial charge in [-0.1, -0.05) is 140 Å². The van der Waals surface area contributed by atoms with Crippen LogP contribution in [0.15, 0.2) is 140 Å². The van der Waals surface area contributed by atoms with E-state index in [-0.39, 0.29) is 24.5 Å². The smallest absolute Gasteiger partial charge is 0.409 e. The highest BCUT2D eigenvalue weighted by Crippen LogP contribution is 2.46. The predicted molar refractivity (Wildman–Crippen MR) is 237 cm³/mol. The van der Waals surface area contributed by atoms with Crippen molar-refractivity contribution in [3.8, 4) is 11.1 Å². The standard InChI is InChI=1S/C49H56N3O7P/c53-37-50-25-14-27-55-29-31-57-32-30-56-28-26-51(48(54)58-36-46-44-23-12-10-21-42(44)43-22-11-13-24-45(43)46)33-41-34-52(35-47(60)59-41)49(38-15-4-1-5-16-38,39-17-6-2-7-18-39)40-19-8-3-9-20-40/h1-13,15-24,37,41,46-47H,14,25-36,60H2,(H,50,53). The number of carbonyl (C=O) groups excluding carboxylic acids is 2. The fourth-order valence-electron chi connectivity index (χ4n) is 8.57. The van der Waals surface area contributed by atoms with Gasteiger partial charge >= 0.3 is 6.09 Å². The normalized spacial score (nSPS) is 16.5. The molecule has 7 rings (SSSR count). The topological polar surface area (TPSA) is 98.8 Å². The van der Waals surface area contributed by atoms with Crippen molar-refractivity contribution in [2.24, 2.45) is 0 Å². The zero-order chi connectivity index (χ0) is 41.4. The molecule has 1 saturated heterocycles. The lowest BCUT2D eigenvalue weighted by molar-refractivity contribution is -0.109. The zero-order valence-electron chi connectivity index (χ0n) is 34.1. The van der Waals surface area contributed by atoms with Crippen LogP contribution in [0.3, 0.4) is 0 Å². The van der Waals surface area contributed by atoms with Crippen molar-refractivity contribution in [1.82, 2.24) is 15.1 Å². The Labute approximate surface area is 356 Å². The van der Waals surface area contributed by atoms with Crippen molar-refractivity contribution in [1.29, 1.82) is 0 Å². The molecule has 2 amide bonds. The summed E-state index contributed by atoms with van der Waals surface area (Å²) in [5.74, 6) is -0.260. The number of rotatable bonds is 22. The van der Waals surface area contributed by atoms with Gasteiger partial charge in [-0.05, 0) is 45.4 Å². The van der Waals surface area contributed by atoms with E-state index in [1.807, 2.05) is 12.1 Å². The van der Waals surface area contributed by atoms with Gasteiger partial charge in [-0.25, -0.2) is 4.79 Å². The molecule has 3 unspecified atom stereocenters. The molecule has 0 bridgehead atoms. The van der Waals surface area contributed by atoms with Crippen molar-refractivity contribution < 1.29 is 33.3 Å². The molecule has 3 atom stereocenters. The maximum absolute atomic E-state index is 14.3. The third kappa shape index (κ3) is 10.5. The molecule has 10 nitrogen and oxygen atoms in total. The Bertz CT molecular complexity index is 1930. The number of morpholine rings is 1. The lowest BCUT2D eigenvalue weighted by atomic mass is 9.75. The van der Waals surface area contributed by atoms with Crippen LogP contribution in [-0.4, -0.2) is 113 Å². The van der Waals surface area contributed by atoms with E-state index in [0.717, 1.165) is 34.2 Å². The highest BCUT2D eigenvalue weighted by Gasteiger charge is 2.46. The summed E-state index contributed by atoms with van der Waals surface area (Å²) in [5, 5.41) is 2.62. The zero-order valence-corrected chi connectivity index (χ0v) is 35.3. The van der Waals surface area contributed by atoms with E-state index in [1.54, 1.807) is 4.90 Å². The van der Waals surface area contributed by atoms with E-state index < -0.39 is 11.6 Å². The fraction of sp³-hybridized carbons (Fsp3) is 0.347. The lowest BCUT2D eigenvalue weighted by Gasteiger charge is -2.50. The van der Waals surface area contributed by atoms with Crippen LogP contribution in [0.4, 0.5) is 4.79 Å². The Morgan fingerprint density at radius 3 is 1.75 bits per heavy atom. The molecule has 5 aromatic rings. The van der Waals surface area contributed by atoms with Gasteiger partial charge in [-0.3, -0.25) is 9.69 Å². The number of benzene rings is 5. The minimum atomic E-state index is -0.628. The van der Waals surface area contributed by atoms with Crippen LogP contribution in [0, 0.1) is 0 Å². The SMILES string of the molecule is O=CNCCCOCCOCCOCCN(CC1CN(C(c2ccccc2)(c2ccccc2)c2ccccc2)CC(P)O1)C(=O)OCC1c2ccccc2-c2ccccc21. The quantitative estimate of drug-likeness (QED) is 0.0336. The highest BCUT2D eigenvalue weighted by molar-refractivity contribution is 7.17. The summed E-state index contributed by atoms with van der Waals surface area (Å²) >= 11 is 0. The van der Waals surface area contributed by atoms with Crippen molar-refractivity contribution >= 4 is 21.7 Å². The van der Waals surface area contributed by atoms with E-state index in [1.165, 1.54) is 11.1 Å². The van der Waals surface area contributed by atoms with Crippen molar-refractivity contribution in [3.63, 3.8) is 0 Å². The maximum Gasteiger partial charge on any atom is 0.409 e. The van der Waals surface area contributed by atoms with Crippen LogP contribution in [0.1, 0.15) is 40.2 Å². The number of nitrogens with one attached hydrogen (secondary N) is 1. The molecule has 0 spiro atoms. The molecule has 2 aliphatic rings. The summed E-state index contributed by atoms with van der Waals surface area (Å²) in [4.78, 5) is 28.9. The van der Waals surface area contributed by atoms with Crippen molar-refractivity contribution in [3.05, 3.63) is 167 Å². The van der Waals surface area contributed by atoms with E-state index in [0.29, 0.717) is 78.8 Å². The van der Waals surface area contributed by atoms with Crippen LogP contribution in [0.25, 0.3) is 11.1 Å². The number of nitrogens with zero attached hydrogens (tertiary/aromatic N) is 2. The molecule has 1 fully saturated rings. The van der Waals surface area contributed by atoms with E-state index in [4.69, 9.17) is 23.7 Å². The summed E-state index contributed by atoms with van der Waals surface area (Å²) in [5.41, 5.74) is 7.53. The van der Waals surface area contributed by atoms with Gasteiger partial charge in [0.1, 0.15) is 6.61 Å².